The first-order chi connectivity index (χ1) is 9.61. The summed E-state index contributed by atoms with van der Waals surface area (Å²) in [6.45, 7) is 5.40. The Hall–Kier alpha value is -0.510. The van der Waals surface area contributed by atoms with Crippen molar-refractivity contribution in [3.63, 3.8) is 0 Å². The molecule has 1 aliphatic heterocycles. The lowest BCUT2D eigenvalue weighted by Crippen LogP contribution is -2.21. The minimum Gasteiger partial charge on any atom is -0.371 e. The van der Waals surface area contributed by atoms with Crippen molar-refractivity contribution in [2.24, 2.45) is 0 Å². The fourth-order valence-corrected chi connectivity index (χ4v) is 3.58. The summed E-state index contributed by atoms with van der Waals surface area (Å²) >= 11 is 1.92. The maximum atomic E-state index is 6.04. The van der Waals surface area contributed by atoms with Gasteiger partial charge in [-0.3, -0.25) is 0 Å². The maximum absolute atomic E-state index is 6.04. The largest absolute Gasteiger partial charge is 0.371 e. The normalized spacial score (nSPS) is 25.0. The first-order valence-electron chi connectivity index (χ1n) is 7.74. The van der Waals surface area contributed by atoms with Gasteiger partial charge in [0.25, 0.3) is 0 Å². The van der Waals surface area contributed by atoms with E-state index in [-0.39, 0.29) is 5.60 Å². The summed E-state index contributed by atoms with van der Waals surface area (Å²) in [6, 6.07) is 9.77. The fraction of sp³-hybridized carbons (Fsp3) is 0.647. The van der Waals surface area contributed by atoms with E-state index in [2.05, 4.69) is 43.4 Å². The number of ether oxygens (including phenoxy) is 1. The Morgan fingerprint density at radius 3 is 2.55 bits per heavy atom. The van der Waals surface area contributed by atoms with Crippen LogP contribution < -0.4 is 5.32 Å². The van der Waals surface area contributed by atoms with Gasteiger partial charge in [0.05, 0.1) is 11.7 Å². The molecule has 0 spiro atoms. The number of thioether (sulfide) groups is 1. The highest BCUT2D eigenvalue weighted by Crippen LogP contribution is 2.32. The Balaban J connectivity index is 1.43. The molecule has 1 atom stereocenters. The van der Waals surface area contributed by atoms with Crippen LogP contribution in [0.15, 0.2) is 29.2 Å². The summed E-state index contributed by atoms with van der Waals surface area (Å²) in [5.74, 6) is 1.07. The summed E-state index contributed by atoms with van der Waals surface area (Å²) in [5.41, 5.74) is 1.48. The summed E-state index contributed by atoms with van der Waals surface area (Å²) in [6.07, 6.45) is 5.51. The monoisotopic (exact) mass is 291 g/mol. The Bertz CT molecular complexity index is 439. The molecule has 2 aliphatic rings. The molecule has 0 amide bonds. The van der Waals surface area contributed by atoms with Crippen molar-refractivity contribution in [2.45, 2.75) is 68.7 Å². The van der Waals surface area contributed by atoms with E-state index < -0.39 is 0 Å². The van der Waals surface area contributed by atoms with Crippen molar-refractivity contribution < 1.29 is 4.74 Å². The quantitative estimate of drug-likeness (QED) is 0.801. The lowest BCUT2D eigenvalue weighted by molar-refractivity contribution is -0.00466. The summed E-state index contributed by atoms with van der Waals surface area (Å²) in [7, 11) is 0. The minimum absolute atomic E-state index is 0.0869. The van der Waals surface area contributed by atoms with Gasteiger partial charge in [-0.25, -0.2) is 0 Å². The van der Waals surface area contributed by atoms with E-state index in [4.69, 9.17) is 4.74 Å². The Labute approximate surface area is 126 Å². The van der Waals surface area contributed by atoms with Gasteiger partial charge in [0.1, 0.15) is 0 Å². The molecule has 3 heteroatoms. The van der Waals surface area contributed by atoms with Gasteiger partial charge in [0.2, 0.25) is 0 Å². The topological polar surface area (TPSA) is 21.3 Å². The van der Waals surface area contributed by atoms with Crippen LogP contribution in [0.5, 0.6) is 0 Å². The van der Waals surface area contributed by atoms with Crippen LogP contribution >= 0.6 is 11.8 Å². The van der Waals surface area contributed by atoms with E-state index in [0.717, 1.165) is 18.3 Å². The SMILES string of the molecule is CC1(C)CCC(CSc2ccc(CNC3CC3)cc2)O1. The molecule has 1 N–H and O–H groups in total. The second kappa shape index (κ2) is 6.08. The van der Waals surface area contributed by atoms with Gasteiger partial charge in [-0.1, -0.05) is 12.1 Å². The molecule has 3 rings (SSSR count). The van der Waals surface area contributed by atoms with Crippen molar-refractivity contribution in [1.82, 2.24) is 5.32 Å². The van der Waals surface area contributed by atoms with Gasteiger partial charge in [0, 0.05) is 23.2 Å². The van der Waals surface area contributed by atoms with Crippen LogP contribution in [0.25, 0.3) is 0 Å². The summed E-state index contributed by atoms with van der Waals surface area (Å²) < 4.78 is 6.04. The van der Waals surface area contributed by atoms with Crippen LogP contribution in [0.3, 0.4) is 0 Å². The lowest BCUT2D eigenvalue weighted by Gasteiger charge is -2.19. The molecule has 0 aromatic heterocycles. The second-order valence-corrected chi connectivity index (χ2v) is 7.74. The second-order valence-electron chi connectivity index (χ2n) is 6.65. The molecule has 2 nitrogen and oxygen atoms in total. The fourth-order valence-electron chi connectivity index (χ4n) is 2.64. The van der Waals surface area contributed by atoms with Crippen LogP contribution in [0.2, 0.25) is 0 Å². The maximum Gasteiger partial charge on any atom is 0.0677 e. The van der Waals surface area contributed by atoms with Crippen LogP contribution in [0.4, 0.5) is 0 Å². The predicted octanol–water partition coefficient (Wildman–Crippen LogP) is 3.99. The van der Waals surface area contributed by atoms with E-state index >= 15 is 0 Å². The Morgan fingerprint density at radius 1 is 1.20 bits per heavy atom. The molecular formula is C17H25NOS. The van der Waals surface area contributed by atoms with Gasteiger partial charge < -0.3 is 10.1 Å². The number of hydrogen-bond acceptors (Lipinski definition) is 3. The zero-order valence-electron chi connectivity index (χ0n) is 12.5. The molecule has 1 aromatic rings. The molecule has 1 unspecified atom stereocenters. The minimum atomic E-state index is 0.0869. The number of nitrogens with one attached hydrogen (secondary N) is 1. The average Bonchev–Trinajstić information content (AvgIpc) is 3.19. The zero-order chi connectivity index (χ0) is 14.0. The van der Waals surface area contributed by atoms with Gasteiger partial charge >= 0.3 is 0 Å². The highest BCUT2D eigenvalue weighted by molar-refractivity contribution is 7.99. The van der Waals surface area contributed by atoms with Crippen LogP contribution in [0.1, 0.15) is 45.1 Å². The molecule has 110 valence electrons. The van der Waals surface area contributed by atoms with E-state index in [1.807, 2.05) is 11.8 Å². The number of benzene rings is 1. The average molecular weight is 291 g/mol. The van der Waals surface area contributed by atoms with Crippen molar-refractivity contribution in [1.29, 1.82) is 0 Å². The number of rotatable bonds is 6. The van der Waals surface area contributed by atoms with Crippen LogP contribution in [-0.2, 0) is 11.3 Å². The first-order valence-corrected chi connectivity index (χ1v) is 8.72. The zero-order valence-corrected chi connectivity index (χ0v) is 13.3. The smallest absolute Gasteiger partial charge is 0.0677 e. The van der Waals surface area contributed by atoms with Crippen molar-refractivity contribution in [3.8, 4) is 0 Å². The van der Waals surface area contributed by atoms with Gasteiger partial charge in [-0.15, -0.1) is 11.8 Å². The highest BCUT2D eigenvalue weighted by atomic mass is 32.2. The third kappa shape index (κ3) is 4.24. The predicted molar refractivity (Wildman–Crippen MR) is 85.2 cm³/mol. The molecule has 20 heavy (non-hydrogen) atoms. The van der Waals surface area contributed by atoms with Crippen LogP contribution in [0, 0.1) is 0 Å². The molecule has 1 heterocycles. The number of hydrogen-bond donors (Lipinski definition) is 1. The van der Waals surface area contributed by atoms with Gasteiger partial charge in [0.15, 0.2) is 0 Å². The molecular weight excluding hydrogens is 266 g/mol. The van der Waals surface area contributed by atoms with E-state index in [0.29, 0.717) is 6.10 Å². The Kier molecular flexibility index (Phi) is 4.39. The summed E-state index contributed by atoms with van der Waals surface area (Å²) in [5, 5.41) is 3.55. The van der Waals surface area contributed by atoms with Crippen molar-refractivity contribution >= 4 is 11.8 Å². The lowest BCUT2D eigenvalue weighted by atomic mass is 10.1. The molecule has 1 aromatic carbocycles. The molecule has 1 aliphatic carbocycles. The van der Waals surface area contributed by atoms with E-state index in [9.17, 15) is 0 Å². The van der Waals surface area contributed by atoms with Gasteiger partial charge in [-0.05, 0) is 57.2 Å². The van der Waals surface area contributed by atoms with E-state index in [1.54, 1.807) is 0 Å². The molecule has 0 radical (unpaired) electrons. The third-order valence-corrected chi connectivity index (χ3v) is 5.23. The molecule has 2 fully saturated rings. The standard InChI is InChI=1S/C17H25NOS/c1-17(2)10-9-15(19-17)12-20-16-7-3-13(4-8-16)11-18-14-5-6-14/h3-4,7-8,14-15,18H,5-6,9-12H2,1-2H3. The van der Waals surface area contributed by atoms with Crippen molar-refractivity contribution in [2.75, 3.05) is 5.75 Å². The van der Waals surface area contributed by atoms with Gasteiger partial charge in [-0.2, -0.15) is 0 Å². The van der Waals surface area contributed by atoms with E-state index in [1.165, 1.54) is 36.1 Å². The third-order valence-electron chi connectivity index (χ3n) is 4.09. The molecule has 0 bridgehead atoms. The summed E-state index contributed by atoms with van der Waals surface area (Å²) in [4.78, 5) is 1.36. The Morgan fingerprint density at radius 2 is 1.95 bits per heavy atom. The highest BCUT2D eigenvalue weighted by Gasteiger charge is 2.31. The molecule has 1 saturated carbocycles. The van der Waals surface area contributed by atoms with Crippen LogP contribution in [-0.4, -0.2) is 23.5 Å². The molecule has 1 saturated heterocycles. The first kappa shape index (κ1) is 14.4. The van der Waals surface area contributed by atoms with Crippen molar-refractivity contribution in [3.05, 3.63) is 29.8 Å².